The van der Waals surface area contributed by atoms with E-state index in [2.05, 4.69) is 33.0 Å². The van der Waals surface area contributed by atoms with E-state index in [0.717, 1.165) is 36.2 Å². The van der Waals surface area contributed by atoms with Gasteiger partial charge in [-0.1, -0.05) is 6.07 Å². The first-order chi connectivity index (χ1) is 9.67. The fraction of sp³-hybridized carbons (Fsp3) is 0.600. The maximum atomic E-state index is 5.91. The highest BCUT2D eigenvalue weighted by molar-refractivity contribution is 9.10. The first kappa shape index (κ1) is 15.8. The summed E-state index contributed by atoms with van der Waals surface area (Å²) >= 11 is 3.54. The zero-order valence-corrected chi connectivity index (χ0v) is 13.7. The summed E-state index contributed by atoms with van der Waals surface area (Å²) in [5.74, 6) is 0.863. The van der Waals surface area contributed by atoms with Crippen molar-refractivity contribution in [3.63, 3.8) is 0 Å². The van der Waals surface area contributed by atoms with Gasteiger partial charge in [0.15, 0.2) is 0 Å². The number of rotatable bonds is 5. The van der Waals surface area contributed by atoms with Crippen LogP contribution < -0.4 is 10.5 Å². The van der Waals surface area contributed by atoms with Gasteiger partial charge >= 0.3 is 0 Å². The van der Waals surface area contributed by atoms with Crippen LogP contribution in [0.4, 0.5) is 0 Å². The highest BCUT2D eigenvalue weighted by Crippen LogP contribution is 2.27. The van der Waals surface area contributed by atoms with Crippen molar-refractivity contribution in [3.05, 3.63) is 28.2 Å². The van der Waals surface area contributed by atoms with Crippen LogP contribution >= 0.6 is 15.9 Å². The van der Waals surface area contributed by atoms with Crippen molar-refractivity contribution in [2.75, 3.05) is 27.3 Å². The molecule has 1 saturated heterocycles. The molecule has 0 spiro atoms. The molecule has 1 aromatic rings. The molecule has 0 bridgehead atoms. The Morgan fingerprint density at radius 3 is 2.80 bits per heavy atom. The van der Waals surface area contributed by atoms with Crippen molar-refractivity contribution in [2.24, 2.45) is 5.73 Å². The summed E-state index contributed by atoms with van der Waals surface area (Å²) in [5.41, 5.74) is 7.18. The van der Waals surface area contributed by atoms with E-state index in [9.17, 15) is 0 Å². The molecule has 2 atom stereocenters. The number of hydrogen-bond donors (Lipinski definition) is 1. The van der Waals surface area contributed by atoms with Crippen LogP contribution in [0.3, 0.4) is 0 Å². The minimum Gasteiger partial charge on any atom is -0.496 e. The van der Waals surface area contributed by atoms with Crippen LogP contribution in [0.15, 0.2) is 22.7 Å². The smallest absolute Gasteiger partial charge is 0.133 e. The Kier molecular flexibility index (Phi) is 5.84. The quantitative estimate of drug-likeness (QED) is 0.892. The van der Waals surface area contributed by atoms with Gasteiger partial charge in [-0.2, -0.15) is 0 Å². The van der Waals surface area contributed by atoms with Gasteiger partial charge in [0.25, 0.3) is 0 Å². The lowest BCUT2D eigenvalue weighted by molar-refractivity contribution is 0.0102. The topological polar surface area (TPSA) is 47.7 Å². The Labute approximate surface area is 129 Å². The van der Waals surface area contributed by atoms with E-state index >= 15 is 0 Å². The number of ether oxygens (including phenoxy) is 2. The fourth-order valence-corrected chi connectivity index (χ4v) is 3.36. The lowest BCUT2D eigenvalue weighted by Crippen LogP contribution is -2.47. The maximum Gasteiger partial charge on any atom is 0.133 e. The van der Waals surface area contributed by atoms with Crippen LogP contribution in [0.2, 0.25) is 0 Å². The van der Waals surface area contributed by atoms with E-state index in [-0.39, 0.29) is 0 Å². The highest BCUT2D eigenvalue weighted by atomic mass is 79.9. The average molecular weight is 343 g/mol. The summed E-state index contributed by atoms with van der Waals surface area (Å²) in [7, 11) is 3.47. The number of hydrogen-bond acceptors (Lipinski definition) is 4. The van der Waals surface area contributed by atoms with Gasteiger partial charge in [-0.15, -0.1) is 0 Å². The lowest BCUT2D eigenvalue weighted by atomic mass is 9.98. The van der Waals surface area contributed by atoms with Crippen molar-refractivity contribution in [1.29, 1.82) is 0 Å². The largest absolute Gasteiger partial charge is 0.496 e. The normalized spacial score (nSPS) is 23.8. The molecule has 1 aliphatic heterocycles. The first-order valence-corrected chi connectivity index (χ1v) is 7.76. The van der Waals surface area contributed by atoms with Crippen LogP contribution in [0.25, 0.3) is 0 Å². The monoisotopic (exact) mass is 342 g/mol. The minimum atomic E-state index is 0.349. The third kappa shape index (κ3) is 3.73. The van der Waals surface area contributed by atoms with Crippen LogP contribution in [0.5, 0.6) is 5.75 Å². The number of likely N-dealkylation sites (tertiary alicyclic amines) is 1. The Bertz CT molecular complexity index is 442. The van der Waals surface area contributed by atoms with E-state index in [1.54, 1.807) is 14.2 Å². The van der Waals surface area contributed by atoms with E-state index < -0.39 is 0 Å². The number of halogens is 1. The van der Waals surface area contributed by atoms with Crippen molar-refractivity contribution in [3.8, 4) is 5.75 Å². The van der Waals surface area contributed by atoms with Gasteiger partial charge in [-0.3, -0.25) is 4.90 Å². The third-order valence-electron chi connectivity index (χ3n) is 4.00. The molecule has 1 fully saturated rings. The molecule has 0 amide bonds. The van der Waals surface area contributed by atoms with Gasteiger partial charge in [-0.05, 0) is 46.5 Å². The molecule has 2 unspecified atom stereocenters. The molecule has 2 rings (SSSR count). The van der Waals surface area contributed by atoms with Gasteiger partial charge in [-0.25, -0.2) is 0 Å². The fourth-order valence-electron chi connectivity index (χ4n) is 2.77. The molecule has 1 aliphatic rings. The second kappa shape index (κ2) is 7.41. The highest BCUT2D eigenvalue weighted by Gasteiger charge is 2.27. The van der Waals surface area contributed by atoms with Crippen LogP contribution in [-0.4, -0.2) is 44.4 Å². The predicted molar refractivity (Wildman–Crippen MR) is 84.0 cm³/mol. The Morgan fingerprint density at radius 1 is 1.40 bits per heavy atom. The number of nitrogens with two attached hydrogens (primary N) is 1. The maximum absolute atomic E-state index is 5.91. The lowest BCUT2D eigenvalue weighted by Gasteiger charge is -2.38. The predicted octanol–water partition coefficient (Wildman–Crippen LogP) is 2.40. The second-order valence-corrected chi connectivity index (χ2v) is 6.07. The molecule has 5 heteroatoms. The summed E-state index contributed by atoms with van der Waals surface area (Å²) in [6.07, 6.45) is 2.44. The number of nitrogens with zero attached hydrogens (tertiary/aromatic N) is 1. The van der Waals surface area contributed by atoms with E-state index in [1.165, 1.54) is 5.56 Å². The number of piperidine rings is 1. The van der Waals surface area contributed by atoms with Gasteiger partial charge in [0, 0.05) is 32.8 Å². The molecule has 20 heavy (non-hydrogen) atoms. The molecule has 1 heterocycles. The molecular formula is C15H23BrN2O2. The van der Waals surface area contributed by atoms with Crippen LogP contribution in [0, 0.1) is 0 Å². The first-order valence-electron chi connectivity index (χ1n) is 6.97. The zero-order chi connectivity index (χ0) is 14.5. The van der Waals surface area contributed by atoms with Gasteiger partial charge < -0.3 is 15.2 Å². The summed E-state index contributed by atoms with van der Waals surface area (Å²) in [6.45, 7) is 2.63. The van der Waals surface area contributed by atoms with E-state index in [1.807, 2.05) is 6.07 Å². The van der Waals surface area contributed by atoms with E-state index in [4.69, 9.17) is 15.2 Å². The summed E-state index contributed by atoms with van der Waals surface area (Å²) in [6, 6.07) is 6.63. The number of methoxy groups -OCH3 is 2. The van der Waals surface area contributed by atoms with Crippen LogP contribution in [-0.2, 0) is 11.3 Å². The van der Waals surface area contributed by atoms with Gasteiger partial charge in [0.05, 0.1) is 17.7 Å². The molecule has 112 valence electrons. The molecular weight excluding hydrogens is 320 g/mol. The van der Waals surface area contributed by atoms with Crippen molar-refractivity contribution in [1.82, 2.24) is 4.90 Å². The molecule has 2 N–H and O–H groups in total. The van der Waals surface area contributed by atoms with Gasteiger partial charge in [0.2, 0.25) is 0 Å². The molecule has 1 aromatic carbocycles. The standard InChI is InChI=1S/C15H23BrN2O2/c1-19-13-5-6-18(12(8-13)9-17)10-11-3-4-15(20-2)14(16)7-11/h3-4,7,12-13H,5-6,8-10,17H2,1-2H3. The molecule has 0 aliphatic carbocycles. The minimum absolute atomic E-state index is 0.349. The van der Waals surface area contributed by atoms with Crippen LogP contribution in [0.1, 0.15) is 18.4 Å². The van der Waals surface area contributed by atoms with E-state index in [0.29, 0.717) is 18.7 Å². The zero-order valence-electron chi connectivity index (χ0n) is 12.1. The molecule has 4 nitrogen and oxygen atoms in total. The van der Waals surface area contributed by atoms with Crippen molar-refractivity contribution < 1.29 is 9.47 Å². The van der Waals surface area contributed by atoms with Crippen molar-refractivity contribution in [2.45, 2.75) is 31.5 Å². The Hall–Kier alpha value is -0.620. The Morgan fingerprint density at radius 2 is 2.20 bits per heavy atom. The number of benzene rings is 1. The Balaban J connectivity index is 2.03. The third-order valence-corrected chi connectivity index (χ3v) is 4.62. The molecule has 0 aromatic heterocycles. The second-order valence-electron chi connectivity index (χ2n) is 5.21. The summed E-state index contributed by atoms with van der Waals surface area (Å²) < 4.78 is 11.7. The summed E-state index contributed by atoms with van der Waals surface area (Å²) in [5, 5.41) is 0. The van der Waals surface area contributed by atoms with Gasteiger partial charge in [0.1, 0.15) is 5.75 Å². The average Bonchev–Trinajstić information content (AvgIpc) is 2.48. The summed E-state index contributed by atoms with van der Waals surface area (Å²) in [4.78, 5) is 2.45. The molecule has 0 radical (unpaired) electrons. The SMILES string of the molecule is COc1ccc(CN2CCC(OC)CC2CN)cc1Br. The van der Waals surface area contributed by atoms with Crippen molar-refractivity contribution >= 4 is 15.9 Å². The molecule has 0 saturated carbocycles.